The van der Waals surface area contributed by atoms with Crippen LogP contribution in [0, 0.1) is 5.82 Å². The molecule has 0 bridgehead atoms. The van der Waals surface area contributed by atoms with Crippen LogP contribution in [0.3, 0.4) is 0 Å². The lowest BCUT2D eigenvalue weighted by molar-refractivity contribution is -0.142. The number of amides is 2. The number of urea groups is 1. The topological polar surface area (TPSA) is 67.4 Å². The number of hydrogen-bond donors (Lipinski definition) is 2. The number of alkyl halides is 3. The molecule has 10 heteroatoms. The van der Waals surface area contributed by atoms with Crippen LogP contribution in [0.1, 0.15) is 11.1 Å². The summed E-state index contributed by atoms with van der Waals surface area (Å²) in [5, 5.41) is 4.37. The van der Waals surface area contributed by atoms with Gasteiger partial charge in [-0.25, -0.2) is 14.0 Å². The summed E-state index contributed by atoms with van der Waals surface area (Å²) in [7, 11) is 1.11. The highest BCUT2D eigenvalue weighted by atomic mass is 35.5. The van der Waals surface area contributed by atoms with Gasteiger partial charge in [-0.3, -0.25) is 0 Å². The van der Waals surface area contributed by atoms with E-state index >= 15 is 0 Å². The molecule has 0 heterocycles. The van der Waals surface area contributed by atoms with Gasteiger partial charge in [0.15, 0.2) is 0 Å². The van der Waals surface area contributed by atoms with Crippen LogP contribution in [0.2, 0.25) is 5.02 Å². The molecule has 0 aliphatic rings. The van der Waals surface area contributed by atoms with E-state index in [4.69, 9.17) is 11.6 Å². The third-order valence-electron chi connectivity index (χ3n) is 3.69. The lowest BCUT2D eigenvalue weighted by Gasteiger charge is -2.18. The third-order valence-corrected chi connectivity index (χ3v) is 4.02. The van der Waals surface area contributed by atoms with Crippen molar-refractivity contribution in [2.24, 2.45) is 0 Å². The van der Waals surface area contributed by atoms with Crippen LogP contribution < -0.4 is 10.6 Å². The number of rotatable bonds is 5. The van der Waals surface area contributed by atoms with E-state index in [2.05, 4.69) is 15.4 Å². The molecule has 0 aromatic heterocycles. The first-order chi connectivity index (χ1) is 13.1. The average molecular weight is 419 g/mol. The molecule has 0 aliphatic carbocycles. The molecule has 0 aliphatic heterocycles. The molecule has 0 saturated carbocycles. The number of ether oxygens (including phenoxy) is 1. The zero-order valence-corrected chi connectivity index (χ0v) is 15.2. The van der Waals surface area contributed by atoms with E-state index in [1.54, 1.807) is 0 Å². The number of carbonyl (C=O) groups is 2. The number of nitrogens with one attached hydrogen (secondary N) is 2. The summed E-state index contributed by atoms with van der Waals surface area (Å²) in [6.07, 6.45) is -4.63. The van der Waals surface area contributed by atoms with Crippen molar-refractivity contribution in [1.29, 1.82) is 0 Å². The summed E-state index contributed by atoms with van der Waals surface area (Å²) in [5.41, 5.74) is -0.739. The Morgan fingerprint density at radius 1 is 1.14 bits per heavy atom. The van der Waals surface area contributed by atoms with Gasteiger partial charge in [-0.05, 0) is 35.9 Å². The fraction of sp³-hybridized carbons (Fsp3) is 0.222. The third kappa shape index (κ3) is 5.85. The summed E-state index contributed by atoms with van der Waals surface area (Å²) in [4.78, 5) is 24.1. The molecule has 1 unspecified atom stereocenters. The van der Waals surface area contributed by atoms with Crippen LogP contribution in [0.5, 0.6) is 0 Å². The largest absolute Gasteiger partial charge is 0.467 e. The molecule has 28 heavy (non-hydrogen) atoms. The first-order valence-corrected chi connectivity index (χ1v) is 8.24. The molecule has 2 amide bonds. The Morgan fingerprint density at radius 2 is 1.79 bits per heavy atom. The molecule has 5 nitrogen and oxygen atoms in total. The fourth-order valence-corrected chi connectivity index (χ4v) is 2.47. The minimum Gasteiger partial charge on any atom is -0.467 e. The van der Waals surface area contributed by atoms with Crippen molar-refractivity contribution in [3.63, 3.8) is 0 Å². The van der Waals surface area contributed by atoms with E-state index in [9.17, 15) is 27.2 Å². The van der Waals surface area contributed by atoms with Gasteiger partial charge in [-0.1, -0.05) is 23.7 Å². The molecule has 1 atom stereocenters. The van der Waals surface area contributed by atoms with E-state index in [0.717, 1.165) is 19.2 Å². The van der Waals surface area contributed by atoms with Gasteiger partial charge in [-0.2, -0.15) is 13.2 Å². The second kappa shape index (κ2) is 8.92. The van der Waals surface area contributed by atoms with Crippen LogP contribution >= 0.6 is 11.6 Å². The quantitative estimate of drug-likeness (QED) is 0.558. The maximum Gasteiger partial charge on any atom is 0.416 e. The van der Waals surface area contributed by atoms with Gasteiger partial charge in [0.05, 0.1) is 23.4 Å². The highest BCUT2D eigenvalue weighted by molar-refractivity contribution is 6.33. The summed E-state index contributed by atoms with van der Waals surface area (Å²) < 4.78 is 56.0. The van der Waals surface area contributed by atoms with E-state index in [-0.39, 0.29) is 17.1 Å². The number of carbonyl (C=O) groups excluding carboxylic acids is 2. The van der Waals surface area contributed by atoms with Crippen molar-refractivity contribution in [2.75, 3.05) is 12.4 Å². The highest BCUT2D eigenvalue weighted by Crippen LogP contribution is 2.33. The first kappa shape index (κ1) is 21.5. The van der Waals surface area contributed by atoms with Crippen molar-refractivity contribution < 1.29 is 31.9 Å². The number of methoxy groups -OCH3 is 1. The Kier molecular flexibility index (Phi) is 6.85. The lowest BCUT2D eigenvalue weighted by atomic mass is 10.1. The van der Waals surface area contributed by atoms with E-state index in [1.165, 1.54) is 24.3 Å². The predicted octanol–water partition coefficient (Wildman–Crippen LogP) is 4.40. The minimum absolute atomic E-state index is 0.0172. The Morgan fingerprint density at radius 3 is 2.36 bits per heavy atom. The number of esters is 1. The average Bonchev–Trinajstić information content (AvgIpc) is 2.63. The van der Waals surface area contributed by atoms with Crippen LogP contribution in [0.25, 0.3) is 0 Å². The zero-order chi connectivity index (χ0) is 20.9. The predicted molar refractivity (Wildman–Crippen MR) is 94.5 cm³/mol. The van der Waals surface area contributed by atoms with Gasteiger partial charge in [-0.15, -0.1) is 0 Å². The van der Waals surface area contributed by atoms with Crippen molar-refractivity contribution in [3.8, 4) is 0 Å². The Hall–Kier alpha value is -2.81. The van der Waals surface area contributed by atoms with Gasteiger partial charge >= 0.3 is 18.2 Å². The maximum atomic E-state index is 13.0. The maximum absolute atomic E-state index is 13.0. The molecule has 0 spiro atoms. The van der Waals surface area contributed by atoms with Crippen molar-refractivity contribution in [1.82, 2.24) is 5.32 Å². The minimum atomic E-state index is -4.62. The molecular formula is C18H15ClF4N2O3. The number of anilines is 1. The second-order valence-corrected chi connectivity index (χ2v) is 6.10. The van der Waals surface area contributed by atoms with Crippen LogP contribution in [-0.2, 0) is 22.1 Å². The zero-order valence-electron chi connectivity index (χ0n) is 14.4. The SMILES string of the molecule is COC(=O)C(Cc1ccc(F)cc1)NC(=O)Nc1cc(C(F)(F)F)ccc1Cl. The fourth-order valence-electron chi connectivity index (χ4n) is 2.31. The smallest absolute Gasteiger partial charge is 0.416 e. The highest BCUT2D eigenvalue weighted by Gasteiger charge is 2.31. The monoisotopic (exact) mass is 418 g/mol. The molecular weight excluding hydrogens is 404 g/mol. The van der Waals surface area contributed by atoms with Gasteiger partial charge in [0.1, 0.15) is 11.9 Å². The number of hydrogen-bond acceptors (Lipinski definition) is 3. The van der Waals surface area contributed by atoms with Gasteiger partial charge in [0.2, 0.25) is 0 Å². The summed E-state index contributed by atoms with van der Waals surface area (Å²) >= 11 is 5.82. The van der Waals surface area contributed by atoms with Crippen molar-refractivity contribution in [2.45, 2.75) is 18.6 Å². The van der Waals surface area contributed by atoms with Crippen LogP contribution in [-0.4, -0.2) is 25.2 Å². The first-order valence-electron chi connectivity index (χ1n) is 7.86. The number of benzene rings is 2. The summed E-state index contributed by atoms with van der Waals surface area (Å²) in [6.45, 7) is 0. The van der Waals surface area contributed by atoms with E-state index in [1.807, 2.05) is 0 Å². The molecule has 150 valence electrons. The van der Waals surface area contributed by atoms with Crippen molar-refractivity contribution in [3.05, 3.63) is 64.4 Å². The van der Waals surface area contributed by atoms with E-state index < -0.39 is 35.6 Å². The summed E-state index contributed by atoms with van der Waals surface area (Å²) in [6, 6.07) is 5.56. The molecule has 0 radical (unpaired) electrons. The number of halogens is 5. The summed E-state index contributed by atoms with van der Waals surface area (Å²) in [5.74, 6) is -1.25. The standard InChI is InChI=1S/C18H15ClF4N2O3/c1-28-16(26)15(8-10-2-5-12(20)6-3-10)25-17(27)24-14-9-11(18(21,22)23)4-7-13(14)19/h2-7,9,15H,8H2,1H3,(H2,24,25,27). The van der Waals surface area contributed by atoms with E-state index in [0.29, 0.717) is 11.6 Å². The molecule has 0 fully saturated rings. The Bertz CT molecular complexity index is 857. The lowest BCUT2D eigenvalue weighted by Crippen LogP contribution is -2.45. The normalized spacial score (nSPS) is 12.2. The molecule has 2 aromatic carbocycles. The molecule has 2 rings (SSSR count). The molecule has 0 saturated heterocycles. The van der Waals surface area contributed by atoms with Gasteiger partial charge in [0, 0.05) is 6.42 Å². The van der Waals surface area contributed by atoms with Crippen LogP contribution in [0.4, 0.5) is 28.0 Å². The molecule has 2 N–H and O–H groups in total. The van der Waals surface area contributed by atoms with Gasteiger partial charge in [0.25, 0.3) is 0 Å². The Labute approximate surface area is 162 Å². The van der Waals surface area contributed by atoms with Crippen molar-refractivity contribution >= 4 is 29.3 Å². The second-order valence-electron chi connectivity index (χ2n) is 5.70. The van der Waals surface area contributed by atoms with Gasteiger partial charge < -0.3 is 15.4 Å². The van der Waals surface area contributed by atoms with Crippen LogP contribution in [0.15, 0.2) is 42.5 Å². The Balaban J connectivity index is 2.13. The molecule has 2 aromatic rings.